The number of aryl methyl sites for hydroxylation is 1. The van der Waals surface area contributed by atoms with E-state index >= 15 is 0 Å². The second kappa shape index (κ2) is 7.60. The first kappa shape index (κ1) is 19.9. The van der Waals surface area contributed by atoms with Crippen molar-refractivity contribution >= 4 is 20.9 Å². The Labute approximate surface area is 180 Å². The van der Waals surface area contributed by atoms with E-state index in [4.69, 9.17) is 4.74 Å². The van der Waals surface area contributed by atoms with Crippen molar-refractivity contribution in [3.63, 3.8) is 0 Å². The van der Waals surface area contributed by atoms with E-state index < -0.39 is 10.0 Å². The fourth-order valence-corrected chi connectivity index (χ4v) is 5.35. The van der Waals surface area contributed by atoms with E-state index in [1.807, 2.05) is 19.4 Å². The highest BCUT2D eigenvalue weighted by Gasteiger charge is 2.37. The van der Waals surface area contributed by atoms with E-state index in [9.17, 15) is 8.42 Å². The molecule has 8 nitrogen and oxygen atoms in total. The Morgan fingerprint density at radius 1 is 1.13 bits per heavy atom. The number of fused-ring (bicyclic) bond motifs is 1. The van der Waals surface area contributed by atoms with Crippen LogP contribution in [-0.4, -0.2) is 59.0 Å². The second-order valence-electron chi connectivity index (χ2n) is 7.84. The zero-order chi connectivity index (χ0) is 21.6. The average molecular weight is 438 g/mol. The number of H-pyrrole nitrogens is 1. The predicted molar refractivity (Wildman–Crippen MR) is 117 cm³/mol. The summed E-state index contributed by atoms with van der Waals surface area (Å²) in [5, 5.41) is 12.5. The number of hydrogen-bond acceptors (Lipinski definition) is 5. The van der Waals surface area contributed by atoms with Gasteiger partial charge in [0.15, 0.2) is 0 Å². The fraction of sp³-hybridized carbons (Fsp3) is 0.273. The standard InChI is InChI=1S/C22H23N5O3S/c1-26-12-17(11-23-26)16-5-3-15(4-6-16)9-22-20-10-19(7-8-21(20)24-25-22)31(28,29)27-13-18(14-27)30-2/h3-8,10-12,18H,9,13-14H2,1-2H3,(H,24,25). The number of nitrogens with one attached hydrogen (secondary N) is 1. The van der Waals surface area contributed by atoms with Gasteiger partial charge in [-0.05, 0) is 29.3 Å². The van der Waals surface area contributed by atoms with Crippen molar-refractivity contribution in [3.05, 3.63) is 66.1 Å². The molecule has 1 aliphatic heterocycles. The Balaban J connectivity index is 1.40. The van der Waals surface area contributed by atoms with E-state index in [0.717, 1.165) is 33.3 Å². The SMILES string of the molecule is COC1CN(S(=O)(=O)c2ccc3n[nH]c(Cc4ccc(-c5cnn(C)c5)cc4)c3c2)C1. The monoisotopic (exact) mass is 437 g/mol. The van der Waals surface area contributed by atoms with Gasteiger partial charge in [0, 0.05) is 56.5 Å². The molecule has 0 spiro atoms. The molecule has 3 heterocycles. The van der Waals surface area contributed by atoms with Crippen LogP contribution < -0.4 is 0 Å². The summed E-state index contributed by atoms with van der Waals surface area (Å²) < 4.78 is 34.3. The molecular weight excluding hydrogens is 414 g/mol. The maximum absolute atomic E-state index is 12.9. The molecule has 0 atom stereocenters. The van der Waals surface area contributed by atoms with Crippen molar-refractivity contribution in [2.75, 3.05) is 20.2 Å². The lowest BCUT2D eigenvalue weighted by atomic mass is 10.0. The predicted octanol–water partition coefficient (Wildman–Crippen LogP) is 2.57. The van der Waals surface area contributed by atoms with Crippen LogP contribution in [0.2, 0.25) is 0 Å². The molecule has 0 bridgehead atoms. The molecule has 1 fully saturated rings. The van der Waals surface area contributed by atoms with Gasteiger partial charge >= 0.3 is 0 Å². The first-order valence-electron chi connectivity index (χ1n) is 10.0. The Hall–Kier alpha value is -3.01. The van der Waals surface area contributed by atoms with Gasteiger partial charge in [0.2, 0.25) is 10.0 Å². The summed E-state index contributed by atoms with van der Waals surface area (Å²) in [4.78, 5) is 0.282. The van der Waals surface area contributed by atoms with E-state index in [1.54, 1.807) is 30.0 Å². The summed E-state index contributed by atoms with van der Waals surface area (Å²) in [6.45, 7) is 0.775. The zero-order valence-electron chi connectivity index (χ0n) is 17.3. The number of benzene rings is 2. The Bertz CT molecular complexity index is 1340. The molecule has 0 aliphatic carbocycles. The highest BCUT2D eigenvalue weighted by atomic mass is 32.2. The number of hydrogen-bond donors (Lipinski definition) is 1. The Kier molecular flexibility index (Phi) is 4.88. The van der Waals surface area contributed by atoms with Gasteiger partial charge in [0.05, 0.1) is 22.7 Å². The molecule has 2 aromatic carbocycles. The summed E-state index contributed by atoms with van der Waals surface area (Å²) in [7, 11) is -0.0394. The molecule has 9 heteroatoms. The summed E-state index contributed by atoms with van der Waals surface area (Å²) in [6, 6.07) is 13.4. The summed E-state index contributed by atoms with van der Waals surface area (Å²) in [6.07, 6.45) is 4.42. The highest BCUT2D eigenvalue weighted by molar-refractivity contribution is 7.89. The van der Waals surface area contributed by atoms with Crippen LogP contribution >= 0.6 is 0 Å². The number of aromatic nitrogens is 4. The first-order chi connectivity index (χ1) is 14.9. The summed E-state index contributed by atoms with van der Waals surface area (Å²) in [5.41, 5.74) is 4.91. The molecule has 0 unspecified atom stereocenters. The van der Waals surface area contributed by atoms with Gasteiger partial charge in [-0.15, -0.1) is 0 Å². The highest BCUT2D eigenvalue weighted by Crippen LogP contribution is 2.28. The lowest BCUT2D eigenvalue weighted by Gasteiger charge is -2.36. The minimum absolute atomic E-state index is 0.0300. The van der Waals surface area contributed by atoms with Gasteiger partial charge in [-0.3, -0.25) is 9.78 Å². The number of aromatic amines is 1. The van der Waals surface area contributed by atoms with Crippen LogP contribution in [0.25, 0.3) is 22.0 Å². The van der Waals surface area contributed by atoms with Gasteiger partial charge in [-0.1, -0.05) is 24.3 Å². The van der Waals surface area contributed by atoms with E-state index in [2.05, 4.69) is 39.6 Å². The normalized spacial score (nSPS) is 15.4. The molecule has 160 valence electrons. The van der Waals surface area contributed by atoms with Crippen molar-refractivity contribution in [1.29, 1.82) is 0 Å². The first-order valence-corrected chi connectivity index (χ1v) is 11.5. The van der Waals surface area contributed by atoms with Gasteiger partial charge in [-0.2, -0.15) is 14.5 Å². The number of sulfonamides is 1. The summed E-state index contributed by atoms with van der Waals surface area (Å²) in [5.74, 6) is 0. The van der Waals surface area contributed by atoms with Gasteiger partial charge in [0.1, 0.15) is 0 Å². The smallest absolute Gasteiger partial charge is 0.243 e. The molecule has 0 radical (unpaired) electrons. The minimum atomic E-state index is -3.53. The van der Waals surface area contributed by atoms with Crippen LogP contribution in [0.3, 0.4) is 0 Å². The lowest BCUT2D eigenvalue weighted by Crippen LogP contribution is -2.54. The Morgan fingerprint density at radius 3 is 2.58 bits per heavy atom. The van der Waals surface area contributed by atoms with E-state index in [1.165, 1.54) is 4.31 Å². The molecule has 31 heavy (non-hydrogen) atoms. The molecular formula is C22H23N5O3S. The quantitative estimate of drug-likeness (QED) is 0.500. The van der Waals surface area contributed by atoms with Gasteiger partial charge in [-0.25, -0.2) is 8.42 Å². The van der Waals surface area contributed by atoms with Gasteiger partial charge < -0.3 is 4.74 Å². The van der Waals surface area contributed by atoms with Crippen molar-refractivity contribution < 1.29 is 13.2 Å². The van der Waals surface area contributed by atoms with Crippen LogP contribution in [0.15, 0.2) is 59.8 Å². The lowest BCUT2D eigenvalue weighted by molar-refractivity contribution is 0.0125. The van der Waals surface area contributed by atoms with Crippen LogP contribution in [0.4, 0.5) is 0 Å². The molecule has 1 aliphatic rings. The number of nitrogens with zero attached hydrogens (tertiary/aromatic N) is 4. The van der Waals surface area contributed by atoms with Crippen molar-refractivity contribution in [2.24, 2.45) is 7.05 Å². The second-order valence-corrected chi connectivity index (χ2v) is 9.78. The molecule has 2 aromatic heterocycles. The third-order valence-corrected chi connectivity index (χ3v) is 7.59. The molecule has 4 aromatic rings. The van der Waals surface area contributed by atoms with Crippen molar-refractivity contribution in [2.45, 2.75) is 17.4 Å². The van der Waals surface area contributed by atoms with Crippen LogP contribution in [0.1, 0.15) is 11.3 Å². The average Bonchev–Trinajstić information content (AvgIpc) is 3.34. The maximum Gasteiger partial charge on any atom is 0.243 e. The fourth-order valence-electron chi connectivity index (χ4n) is 3.82. The summed E-state index contributed by atoms with van der Waals surface area (Å²) >= 11 is 0. The Morgan fingerprint density at radius 2 is 1.90 bits per heavy atom. The molecule has 1 saturated heterocycles. The molecule has 5 rings (SSSR count). The molecule has 1 N–H and O–H groups in total. The number of rotatable bonds is 6. The molecule has 0 amide bonds. The third-order valence-electron chi connectivity index (χ3n) is 5.76. The van der Waals surface area contributed by atoms with Gasteiger partial charge in [0.25, 0.3) is 0 Å². The number of ether oxygens (including phenoxy) is 1. The van der Waals surface area contributed by atoms with Crippen molar-refractivity contribution in [3.8, 4) is 11.1 Å². The molecule has 0 saturated carbocycles. The minimum Gasteiger partial charge on any atom is -0.379 e. The van der Waals surface area contributed by atoms with E-state index in [0.29, 0.717) is 19.5 Å². The van der Waals surface area contributed by atoms with Crippen LogP contribution in [0.5, 0.6) is 0 Å². The van der Waals surface area contributed by atoms with Crippen LogP contribution in [-0.2, 0) is 28.2 Å². The number of methoxy groups -OCH3 is 1. The third kappa shape index (κ3) is 3.65. The van der Waals surface area contributed by atoms with E-state index in [-0.39, 0.29) is 11.0 Å². The maximum atomic E-state index is 12.9. The topological polar surface area (TPSA) is 93.1 Å². The van der Waals surface area contributed by atoms with Crippen molar-refractivity contribution in [1.82, 2.24) is 24.3 Å². The van der Waals surface area contributed by atoms with Crippen LogP contribution in [0, 0.1) is 0 Å². The zero-order valence-corrected chi connectivity index (χ0v) is 18.1. The largest absolute Gasteiger partial charge is 0.379 e.